The summed E-state index contributed by atoms with van der Waals surface area (Å²) in [5.74, 6) is 0.188. The fourth-order valence-electron chi connectivity index (χ4n) is 3.35. The number of nitrogens with one attached hydrogen (secondary N) is 1. The number of pyridine rings is 1. The minimum Gasteiger partial charge on any atom is -0.359 e. The van der Waals surface area contributed by atoms with Crippen molar-refractivity contribution in [2.75, 3.05) is 5.32 Å². The van der Waals surface area contributed by atoms with Crippen molar-refractivity contribution < 1.29 is 4.92 Å². The van der Waals surface area contributed by atoms with Crippen LogP contribution in [0.1, 0.15) is 22.5 Å². The molecule has 3 heterocycles. The highest BCUT2D eigenvalue weighted by molar-refractivity contribution is 5.62. The van der Waals surface area contributed by atoms with Crippen molar-refractivity contribution in [3.63, 3.8) is 0 Å². The third kappa shape index (κ3) is 3.20. The van der Waals surface area contributed by atoms with Crippen LogP contribution in [0.25, 0.3) is 5.65 Å². The first-order valence-electron chi connectivity index (χ1n) is 8.96. The van der Waals surface area contributed by atoms with Gasteiger partial charge in [0.05, 0.1) is 18.4 Å². The summed E-state index contributed by atoms with van der Waals surface area (Å²) in [4.78, 5) is 15.5. The molecule has 0 amide bonds. The van der Waals surface area contributed by atoms with E-state index in [2.05, 4.69) is 27.5 Å². The van der Waals surface area contributed by atoms with E-state index in [1.807, 2.05) is 36.7 Å². The molecule has 28 heavy (non-hydrogen) atoms. The quantitative estimate of drug-likeness (QED) is 0.409. The molecule has 0 atom stereocenters. The van der Waals surface area contributed by atoms with Gasteiger partial charge in [-0.2, -0.15) is 14.5 Å². The Kier molecular flexibility index (Phi) is 4.52. The van der Waals surface area contributed by atoms with Gasteiger partial charge in [-0.1, -0.05) is 36.4 Å². The Labute approximate surface area is 161 Å². The zero-order valence-corrected chi connectivity index (χ0v) is 15.7. The SMILES string of the molecule is Cc1nn(Cc2ccccc2)c(C)c1CNc1nc2ccccn2c1[N+](=O)[O-]. The molecule has 142 valence electrons. The number of aromatic nitrogens is 4. The number of rotatable bonds is 6. The third-order valence-electron chi connectivity index (χ3n) is 4.82. The smallest absolute Gasteiger partial charge is 0.359 e. The lowest BCUT2D eigenvalue weighted by molar-refractivity contribution is -0.389. The predicted molar refractivity (Wildman–Crippen MR) is 106 cm³/mol. The van der Waals surface area contributed by atoms with E-state index >= 15 is 0 Å². The standard InChI is InChI=1S/C20H20N6O2/c1-14-17(15(2)25(23-14)13-16-8-4-3-5-9-16)12-21-19-20(26(27)28)24-11-7-6-10-18(24)22-19/h3-11,21H,12-13H2,1-2H3. The molecule has 4 rings (SSSR count). The highest BCUT2D eigenvalue weighted by atomic mass is 16.6. The maximum Gasteiger partial charge on any atom is 0.372 e. The molecule has 0 bridgehead atoms. The van der Waals surface area contributed by atoms with Crippen LogP contribution in [0.4, 0.5) is 11.6 Å². The van der Waals surface area contributed by atoms with Gasteiger partial charge < -0.3 is 15.4 Å². The molecule has 0 unspecified atom stereocenters. The van der Waals surface area contributed by atoms with Gasteiger partial charge in [0.15, 0.2) is 0 Å². The highest BCUT2D eigenvalue weighted by Gasteiger charge is 2.22. The van der Waals surface area contributed by atoms with Crippen molar-refractivity contribution in [2.24, 2.45) is 0 Å². The summed E-state index contributed by atoms with van der Waals surface area (Å²) < 4.78 is 3.43. The summed E-state index contributed by atoms with van der Waals surface area (Å²) in [5, 5.41) is 19.3. The normalized spacial score (nSPS) is 11.1. The average Bonchev–Trinajstić information content (AvgIpc) is 3.18. The van der Waals surface area contributed by atoms with Crippen molar-refractivity contribution in [1.29, 1.82) is 0 Å². The van der Waals surface area contributed by atoms with Gasteiger partial charge in [0.1, 0.15) is 0 Å². The van der Waals surface area contributed by atoms with Crippen molar-refractivity contribution in [2.45, 2.75) is 26.9 Å². The predicted octanol–water partition coefficient (Wildman–Crippen LogP) is 3.72. The summed E-state index contributed by atoms with van der Waals surface area (Å²) in [5.41, 5.74) is 4.64. The maximum atomic E-state index is 11.5. The van der Waals surface area contributed by atoms with Gasteiger partial charge in [-0.15, -0.1) is 0 Å². The van der Waals surface area contributed by atoms with Crippen LogP contribution in [0.3, 0.4) is 0 Å². The molecule has 0 aliphatic carbocycles. The number of aryl methyl sites for hydroxylation is 1. The van der Waals surface area contributed by atoms with E-state index in [0.29, 0.717) is 18.7 Å². The van der Waals surface area contributed by atoms with E-state index in [0.717, 1.165) is 17.0 Å². The first-order chi connectivity index (χ1) is 13.5. The van der Waals surface area contributed by atoms with Gasteiger partial charge in [-0.05, 0) is 30.4 Å². The minimum atomic E-state index is -0.416. The number of anilines is 1. The van der Waals surface area contributed by atoms with Gasteiger partial charge in [0.25, 0.3) is 0 Å². The van der Waals surface area contributed by atoms with E-state index in [-0.39, 0.29) is 11.6 Å². The lowest BCUT2D eigenvalue weighted by atomic mass is 10.2. The molecular formula is C20H20N6O2. The van der Waals surface area contributed by atoms with Gasteiger partial charge in [-0.3, -0.25) is 4.68 Å². The first-order valence-corrected chi connectivity index (χ1v) is 8.96. The molecule has 0 fully saturated rings. The van der Waals surface area contributed by atoms with E-state index in [1.165, 1.54) is 9.96 Å². The number of nitro groups is 1. The zero-order valence-electron chi connectivity index (χ0n) is 15.7. The number of hydrogen-bond donors (Lipinski definition) is 1. The number of nitrogens with zero attached hydrogens (tertiary/aromatic N) is 5. The van der Waals surface area contributed by atoms with Gasteiger partial charge >= 0.3 is 5.82 Å². The van der Waals surface area contributed by atoms with Crippen molar-refractivity contribution in [3.05, 3.63) is 87.4 Å². The highest BCUT2D eigenvalue weighted by Crippen LogP contribution is 2.26. The first kappa shape index (κ1) is 17.7. The largest absolute Gasteiger partial charge is 0.372 e. The molecule has 0 radical (unpaired) electrons. The molecule has 0 saturated heterocycles. The Morgan fingerprint density at radius 1 is 1.11 bits per heavy atom. The Bertz CT molecular complexity index is 1150. The molecule has 0 saturated carbocycles. The van der Waals surface area contributed by atoms with Crippen molar-refractivity contribution in [1.82, 2.24) is 19.2 Å². The van der Waals surface area contributed by atoms with Crippen LogP contribution in [0.5, 0.6) is 0 Å². The van der Waals surface area contributed by atoms with Gasteiger partial charge in [0.2, 0.25) is 11.5 Å². The fraction of sp³-hybridized carbons (Fsp3) is 0.200. The van der Waals surface area contributed by atoms with Crippen molar-refractivity contribution in [3.8, 4) is 0 Å². The zero-order chi connectivity index (χ0) is 19.7. The van der Waals surface area contributed by atoms with Crippen LogP contribution in [-0.4, -0.2) is 24.1 Å². The Morgan fingerprint density at radius 3 is 2.61 bits per heavy atom. The molecule has 1 aromatic carbocycles. The summed E-state index contributed by atoms with van der Waals surface area (Å²) in [6.45, 7) is 5.06. The number of fused-ring (bicyclic) bond motifs is 1. The maximum absolute atomic E-state index is 11.5. The molecule has 8 heteroatoms. The molecule has 8 nitrogen and oxygen atoms in total. The molecule has 4 aromatic rings. The van der Waals surface area contributed by atoms with Crippen LogP contribution in [0.2, 0.25) is 0 Å². The minimum absolute atomic E-state index is 0.0671. The van der Waals surface area contributed by atoms with Crippen LogP contribution >= 0.6 is 0 Å². The van der Waals surface area contributed by atoms with E-state index in [9.17, 15) is 10.1 Å². The second kappa shape index (κ2) is 7.15. The average molecular weight is 376 g/mol. The number of hydrogen-bond acceptors (Lipinski definition) is 5. The van der Waals surface area contributed by atoms with Crippen LogP contribution in [-0.2, 0) is 13.1 Å². The molecule has 0 aliphatic rings. The summed E-state index contributed by atoms with van der Waals surface area (Å²) in [7, 11) is 0. The van der Waals surface area contributed by atoms with Gasteiger partial charge in [-0.25, -0.2) is 0 Å². The summed E-state index contributed by atoms with van der Waals surface area (Å²) in [6.07, 6.45) is 1.64. The van der Waals surface area contributed by atoms with E-state index in [1.54, 1.807) is 24.4 Å². The fourth-order valence-corrected chi connectivity index (χ4v) is 3.35. The van der Waals surface area contributed by atoms with Crippen molar-refractivity contribution >= 4 is 17.3 Å². The lowest BCUT2D eigenvalue weighted by Gasteiger charge is -2.07. The van der Waals surface area contributed by atoms with Crippen LogP contribution in [0, 0.1) is 24.0 Å². The molecule has 0 aliphatic heterocycles. The second-order valence-corrected chi connectivity index (χ2v) is 6.62. The van der Waals surface area contributed by atoms with E-state index in [4.69, 9.17) is 0 Å². The summed E-state index contributed by atoms with van der Waals surface area (Å²) in [6, 6.07) is 15.4. The van der Waals surface area contributed by atoms with E-state index < -0.39 is 4.92 Å². The molecule has 3 aromatic heterocycles. The Balaban J connectivity index is 1.60. The third-order valence-corrected chi connectivity index (χ3v) is 4.82. The number of benzene rings is 1. The monoisotopic (exact) mass is 376 g/mol. The molecule has 1 N–H and O–H groups in total. The Hall–Kier alpha value is -3.68. The topological polar surface area (TPSA) is 90.3 Å². The van der Waals surface area contributed by atoms with Gasteiger partial charge in [0, 0.05) is 23.9 Å². The Morgan fingerprint density at radius 2 is 1.86 bits per heavy atom. The summed E-state index contributed by atoms with van der Waals surface area (Å²) >= 11 is 0. The lowest BCUT2D eigenvalue weighted by Crippen LogP contribution is -2.06. The second-order valence-electron chi connectivity index (χ2n) is 6.62. The molecule has 0 spiro atoms. The van der Waals surface area contributed by atoms with Crippen LogP contribution in [0.15, 0.2) is 54.7 Å². The molecular weight excluding hydrogens is 356 g/mol. The van der Waals surface area contributed by atoms with Crippen LogP contribution < -0.4 is 5.32 Å². The number of imidazole rings is 1.